The van der Waals surface area contributed by atoms with Crippen molar-refractivity contribution in [3.05, 3.63) is 42.0 Å². The highest BCUT2D eigenvalue weighted by Crippen LogP contribution is 2.29. The van der Waals surface area contributed by atoms with Crippen LogP contribution in [0.4, 0.5) is 13.6 Å². The van der Waals surface area contributed by atoms with E-state index < -0.39 is 5.92 Å². The van der Waals surface area contributed by atoms with Gasteiger partial charge in [-0.25, -0.2) is 23.5 Å². The number of imidazole rings is 1. The van der Waals surface area contributed by atoms with Crippen LogP contribution in [0, 0.1) is 6.92 Å². The third-order valence-corrected chi connectivity index (χ3v) is 7.02. The molecule has 0 spiro atoms. The number of hydrogen-bond donors (Lipinski definition) is 1. The van der Waals surface area contributed by atoms with Crippen LogP contribution in [0.1, 0.15) is 76.6 Å². The first-order chi connectivity index (χ1) is 17.7. The summed E-state index contributed by atoms with van der Waals surface area (Å²) in [5, 5.41) is 3.04. The Kier molecular flexibility index (Phi) is 8.24. The number of hydrogen-bond acceptors (Lipinski definition) is 5. The zero-order valence-electron chi connectivity index (χ0n) is 22.0. The molecule has 8 nitrogen and oxygen atoms in total. The second-order valence-corrected chi connectivity index (χ2v) is 9.86. The van der Waals surface area contributed by atoms with Crippen LogP contribution in [0.2, 0.25) is 0 Å². The maximum absolute atomic E-state index is 13.6. The molecule has 0 aliphatic carbocycles. The number of alkyl halides is 2. The van der Waals surface area contributed by atoms with Crippen LogP contribution >= 0.6 is 0 Å². The fourth-order valence-electron chi connectivity index (χ4n) is 4.84. The van der Waals surface area contributed by atoms with E-state index in [4.69, 9.17) is 9.72 Å². The van der Waals surface area contributed by atoms with Gasteiger partial charge in [0, 0.05) is 43.3 Å². The minimum Gasteiger partial charge on any atom is -0.475 e. The number of rotatable bonds is 4. The number of halogens is 2. The van der Waals surface area contributed by atoms with Crippen LogP contribution in [0.3, 0.4) is 0 Å². The Morgan fingerprint density at radius 1 is 1.22 bits per heavy atom. The third kappa shape index (κ3) is 6.34. The number of carbonyl (C=O) groups excluding carboxylic acids is 1. The van der Waals surface area contributed by atoms with Crippen molar-refractivity contribution in [2.75, 3.05) is 13.2 Å². The van der Waals surface area contributed by atoms with E-state index in [-0.39, 0.29) is 31.0 Å². The number of nitrogens with zero attached hydrogens (tertiary/aromatic N) is 5. The summed E-state index contributed by atoms with van der Waals surface area (Å²) in [6, 6.07) is 2.99. The van der Waals surface area contributed by atoms with E-state index in [1.54, 1.807) is 17.3 Å². The lowest BCUT2D eigenvalue weighted by atomic mass is 10.0. The SMILES string of the molecule is CCN1C(=O)N[C@@H](CCC(C)(F)F)CCCCCOc2nc(c(C)n3ccnc23)-c2cc(ccn2)[C@H]1C. The summed E-state index contributed by atoms with van der Waals surface area (Å²) in [6.45, 7) is 7.69. The number of fused-ring (bicyclic) bond motifs is 7. The smallest absolute Gasteiger partial charge is 0.318 e. The Hall–Kier alpha value is -3.30. The molecule has 0 radical (unpaired) electrons. The molecule has 10 heteroatoms. The highest BCUT2D eigenvalue weighted by molar-refractivity contribution is 5.75. The van der Waals surface area contributed by atoms with Crippen LogP contribution in [0.25, 0.3) is 17.0 Å². The predicted octanol–water partition coefficient (Wildman–Crippen LogP) is 5.95. The van der Waals surface area contributed by atoms with Gasteiger partial charge in [-0.2, -0.15) is 0 Å². The first kappa shape index (κ1) is 26.8. The third-order valence-electron chi connectivity index (χ3n) is 7.02. The highest BCUT2D eigenvalue weighted by atomic mass is 19.3. The number of aromatic nitrogens is 4. The quantitative estimate of drug-likeness (QED) is 0.465. The van der Waals surface area contributed by atoms with Gasteiger partial charge in [-0.1, -0.05) is 6.42 Å². The molecule has 1 aliphatic heterocycles. The Bertz CT molecular complexity index is 1230. The van der Waals surface area contributed by atoms with E-state index in [0.29, 0.717) is 42.5 Å². The average molecular weight is 515 g/mol. The number of pyridine rings is 1. The minimum absolute atomic E-state index is 0.226. The van der Waals surface area contributed by atoms with Crippen LogP contribution < -0.4 is 10.1 Å². The maximum atomic E-state index is 13.6. The molecule has 200 valence electrons. The van der Waals surface area contributed by atoms with Gasteiger partial charge in [-0.15, -0.1) is 0 Å². The standard InChI is InChI=1S/C27H36F2N6O2/c1-5-34-18(2)20-11-13-30-22(17-20)23-19(3)35-15-14-31-24(35)25(33-23)37-16-8-6-7-9-21(32-26(34)36)10-12-27(4,28)29/h11,13-15,17-18,21H,5-10,12,16H2,1-4H3,(H,32,36)/t18-,21-/m1/s1. The lowest BCUT2D eigenvalue weighted by molar-refractivity contribution is 0.00804. The molecule has 37 heavy (non-hydrogen) atoms. The van der Waals surface area contributed by atoms with E-state index in [1.165, 1.54) is 0 Å². The van der Waals surface area contributed by atoms with Crippen molar-refractivity contribution < 1.29 is 18.3 Å². The van der Waals surface area contributed by atoms with Gasteiger partial charge >= 0.3 is 6.03 Å². The molecular formula is C27H36F2N6O2. The summed E-state index contributed by atoms with van der Waals surface area (Å²) >= 11 is 0. The van der Waals surface area contributed by atoms with E-state index in [9.17, 15) is 13.6 Å². The maximum Gasteiger partial charge on any atom is 0.318 e. The normalized spacial score (nSPS) is 19.8. The molecule has 1 N–H and O–H groups in total. The molecule has 3 aromatic rings. The van der Waals surface area contributed by atoms with Gasteiger partial charge in [-0.3, -0.25) is 9.38 Å². The molecule has 4 rings (SSSR count). The summed E-state index contributed by atoms with van der Waals surface area (Å²) in [5.41, 5.74) is 3.79. The Labute approximate surface area is 216 Å². The molecular weight excluding hydrogens is 478 g/mol. The van der Waals surface area contributed by atoms with Crippen molar-refractivity contribution in [3.8, 4) is 17.3 Å². The molecule has 0 saturated heterocycles. The summed E-state index contributed by atoms with van der Waals surface area (Å²) in [6.07, 6.45) is 8.31. The molecule has 0 unspecified atom stereocenters. The van der Waals surface area contributed by atoms with Crippen molar-refractivity contribution in [2.45, 2.75) is 84.2 Å². The van der Waals surface area contributed by atoms with Crippen LogP contribution in [-0.2, 0) is 0 Å². The minimum atomic E-state index is -2.77. The summed E-state index contributed by atoms with van der Waals surface area (Å²) in [4.78, 5) is 28.8. The average Bonchev–Trinajstić information content (AvgIpc) is 3.36. The second kappa shape index (κ2) is 11.4. The van der Waals surface area contributed by atoms with Crippen LogP contribution in [0.5, 0.6) is 5.88 Å². The van der Waals surface area contributed by atoms with Crippen LogP contribution in [-0.4, -0.2) is 55.4 Å². The Morgan fingerprint density at radius 2 is 2.03 bits per heavy atom. The molecule has 1 aliphatic rings. The number of nitrogens with one attached hydrogen (secondary N) is 1. The lowest BCUT2D eigenvalue weighted by Crippen LogP contribution is -2.46. The first-order valence-corrected chi connectivity index (χ1v) is 13.1. The number of amides is 2. The second-order valence-electron chi connectivity index (χ2n) is 9.86. The van der Waals surface area contributed by atoms with Gasteiger partial charge in [0.05, 0.1) is 18.3 Å². The van der Waals surface area contributed by atoms with E-state index >= 15 is 0 Å². The first-order valence-electron chi connectivity index (χ1n) is 13.1. The fourth-order valence-corrected chi connectivity index (χ4v) is 4.84. The van der Waals surface area contributed by atoms with Crippen molar-refractivity contribution in [1.29, 1.82) is 0 Å². The molecule has 0 fully saturated rings. The van der Waals surface area contributed by atoms with Gasteiger partial charge in [-0.05, 0) is 71.1 Å². The summed E-state index contributed by atoms with van der Waals surface area (Å²) in [7, 11) is 0. The fraction of sp³-hybridized carbons (Fsp3) is 0.556. The Morgan fingerprint density at radius 3 is 2.78 bits per heavy atom. The van der Waals surface area contributed by atoms with Crippen molar-refractivity contribution in [1.82, 2.24) is 29.6 Å². The van der Waals surface area contributed by atoms with E-state index in [0.717, 1.165) is 37.4 Å². The number of carbonyl (C=O) groups is 1. The highest BCUT2D eigenvalue weighted by Gasteiger charge is 2.27. The van der Waals surface area contributed by atoms with Gasteiger partial charge in [0.2, 0.25) is 11.6 Å². The van der Waals surface area contributed by atoms with Crippen molar-refractivity contribution in [2.24, 2.45) is 0 Å². The molecule has 0 aromatic carbocycles. The van der Waals surface area contributed by atoms with E-state index in [2.05, 4.69) is 15.3 Å². The zero-order valence-corrected chi connectivity index (χ0v) is 22.0. The monoisotopic (exact) mass is 514 g/mol. The van der Waals surface area contributed by atoms with Crippen molar-refractivity contribution in [3.63, 3.8) is 0 Å². The predicted molar refractivity (Wildman–Crippen MR) is 138 cm³/mol. The largest absolute Gasteiger partial charge is 0.475 e. The number of ether oxygens (including phenoxy) is 1. The van der Waals surface area contributed by atoms with E-state index in [1.807, 2.05) is 43.5 Å². The van der Waals surface area contributed by atoms with Gasteiger partial charge in [0.25, 0.3) is 5.88 Å². The lowest BCUT2D eigenvalue weighted by Gasteiger charge is -2.31. The van der Waals surface area contributed by atoms with Crippen molar-refractivity contribution >= 4 is 11.7 Å². The molecule has 3 aromatic heterocycles. The van der Waals surface area contributed by atoms with Gasteiger partial charge in [0.1, 0.15) is 5.69 Å². The number of aryl methyl sites for hydroxylation is 1. The Balaban J connectivity index is 1.70. The summed E-state index contributed by atoms with van der Waals surface area (Å²) in [5.74, 6) is -2.32. The molecule has 2 amide bonds. The molecule has 0 saturated carbocycles. The van der Waals surface area contributed by atoms with Crippen LogP contribution in [0.15, 0.2) is 30.7 Å². The van der Waals surface area contributed by atoms with Gasteiger partial charge < -0.3 is 15.0 Å². The summed E-state index contributed by atoms with van der Waals surface area (Å²) < 4.78 is 35.2. The zero-order chi connectivity index (χ0) is 26.6. The topological polar surface area (TPSA) is 84.7 Å². The molecule has 2 atom stereocenters. The molecule has 4 bridgehead atoms. The number of urea groups is 1. The molecule has 4 heterocycles. The van der Waals surface area contributed by atoms with Gasteiger partial charge in [0.15, 0.2) is 0 Å².